The first-order chi connectivity index (χ1) is 7.74. The molecular formula is C12H16N4. The highest BCUT2D eigenvalue weighted by Gasteiger charge is 2.14. The molecule has 4 heteroatoms. The van der Waals surface area contributed by atoms with Crippen molar-refractivity contribution in [3.05, 3.63) is 36.0 Å². The molecule has 4 nitrogen and oxygen atoms in total. The number of nitrogens with two attached hydrogens (primary N) is 1. The number of nitrogens with one attached hydrogen (secondary N) is 1. The molecule has 0 spiro atoms. The van der Waals surface area contributed by atoms with Crippen molar-refractivity contribution in [3.63, 3.8) is 0 Å². The molecule has 0 fully saturated rings. The van der Waals surface area contributed by atoms with Crippen molar-refractivity contribution < 1.29 is 0 Å². The maximum Gasteiger partial charge on any atom is 0.143 e. The first-order valence-corrected chi connectivity index (χ1v) is 5.35. The maximum absolute atomic E-state index is 5.90. The van der Waals surface area contributed by atoms with Crippen molar-refractivity contribution in [3.8, 4) is 0 Å². The van der Waals surface area contributed by atoms with Gasteiger partial charge in [0.2, 0.25) is 0 Å². The SMILES string of the molecule is CCc1n[nH]c(N)c1N(C)c1ccccc1. The number of aromatic amines is 1. The van der Waals surface area contributed by atoms with Gasteiger partial charge >= 0.3 is 0 Å². The van der Waals surface area contributed by atoms with E-state index in [0.717, 1.165) is 23.5 Å². The number of hydrogen-bond acceptors (Lipinski definition) is 3. The van der Waals surface area contributed by atoms with Gasteiger partial charge in [-0.05, 0) is 18.6 Å². The number of nitrogens with zero attached hydrogens (tertiary/aromatic N) is 2. The summed E-state index contributed by atoms with van der Waals surface area (Å²) < 4.78 is 0. The summed E-state index contributed by atoms with van der Waals surface area (Å²) in [4.78, 5) is 2.05. The summed E-state index contributed by atoms with van der Waals surface area (Å²) in [5.41, 5.74) is 8.95. The van der Waals surface area contributed by atoms with Crippen LogP contribution in [-0.4, -0.2) is 17.2 Å². The van der Waals surface area contributed by atoms with Gasteiger partial charge in [-0.15, -0.1) is 0 Å². The highest BCUT2D eigenvalue weighted by atomic mass is 15.2. The smallest absolute Gasteiger partial charge is 0.143 e. The molecule has 0 bridgehead atoms. The summed E-state index contributed by atoms with van der Waals surface area (Å²) in [5.74, 6) is 0.614. The number of H-pyrrole nitrogens is 1. The summed E-state index contributed by atoms with van der Waals surface area (Å²) in [5, 5.41) is 7.01. The van der Waals surface area contributed by atoms with Crippen molar-refractivity contribution in [2.24, 2.45) is 0 Å². The second-order valence-corrected chi connectivity index (χ2v) is 3.68. The van der Waals surface area contributed by atoms with E-state index in [1.807, 2.05) is 37.4 Å². The van der Waals surface area contributed by atoms with Gasteiger partial charge in [-0.25, -0.2) is 0 Å². The van der Waals surface area contributed by atoms with E-state index in [0.29, 0.717) is 5.82 Å². The van der Waals surface area contributed by atoms with Gasteiger partial charge in [0.15, 0.2) is 0 Å². The van der Waals surface area contributed by atoms with E-state index in [4.69, 9.17) is 5.73 Å². The van der Waals surface area contributed by atoms with Gasteiger partial charge in [-0.2, -0.15) is 5.10 Å². The zero-order valence-electron chi connectivity index (χ0n) is 9.57. The summed E-state index contributed by atoms with van der Waals surface area (Å²) >= 11 is 0. The van der Waals surface area contributed by atoms with Crippen LogP contribution in [0.2, 0.25) is 0 Å². The molecule has 2 rings (SSSR count). The lowest BCUT2D eigenvalue weighted by Crippen LogP contribution is -2.12. The lowest BCUT2D eigenvalue weighted by atomic mass is 10.2. The Kier molecular flexibility index (Phi) is 2.81. The fourth-order valence-corrected chi connectivity index (χ4v) is 1.79. The van der Waals surface area contributed by atoms with Crippen LogP contribution in [0.1, 0.15) is 12.6 Å². The zero-order valence-corrected chi connectivity index (χ0v) is 9.57. The van der Waals surface area contributed by atoms with Crippen LogP contribution < -0.4 is 10.6 Å². The van der Waals surface area contributed by atoms with Crippen molar-refractivity contribution >= 4 is 17.2 Å². The van der Waals surface area contributed by atoms with Crippen LogP contribution in [0.5, 0.6) is 0 Å². The average molecular weight is 216 g/mol. The third-order valence-corrected chi connectivity index (χ3v) is 2.65. The molecule has 3 N–H and O–H groups in total. The number of benzene rings is 1. The lowest BCUT2D eigenvalue weighted by Gasteiger charge is -2.19. The highest BCUT2D eigenvalue weighted by Crippen LogP contribution is 2.30. The van der Waals surface area contributed by atoms with Gasteiger partial charge in [-0.3, -0.25) is 5.10 Å². The Morgan fingerprint density at radius 2 is 2.00 bits per heavy atom. The van der Waals surface area contributed by atoms with Crippen molar-refractivity contribution in [2.75, 3.05) is 17.7 Å². The van der Waals surface area contributed by atoms with E-state index >= 15 is 0 Å². The van der Waals surface area contributed by atoms with Crippen LogP contribution in [0.3, 0.4) is 0 Å². The normalized spacial score (nSPS) is 10.4. The minimum absolute atomic E-state index is 0.614. The number of rotatable bonds is 3. The molecule has 0 atom stereocenters. The molecule has 0 saturated heterocycles. The van der Waals surface area contributed by atoms with E-state index in [1.54, 1.807) is 0 Å². The second-order valence-electron chi connectivity index (χ2n) is 3.68. The molecular weight excluding hydrogens is 200 g/mol. The summed E-state index contributed by atoms with van der Waals surface area (Å²) in [6, 6.07) is 10.1. The quantitative estimate of drug-likeness (QED) is 0.827. The van der Waals surface area contributed by atoms with E-state index < -0.39 is 0 Å². The van der Waals surface area contributed by atoms with Crippen molar-refractivity contribution in [1.29, 1.82) is 0 Å². The second kappa shape index (κ2) is 4.26. The number of para-hydroxylation sites is 1. The van der Waals surface area contributed by atoms with E-state index in [1.165, 1.54) is 0 Å². The van der Waals surface area contributed by atoms with E-state index in [9.17, 15) is 0 Å². The van der Waals surface area contributed by atoms with Crippen LogP contribution in [-0.2, 0) is 6.42 Å². The van der Waals surface area contributed by atoms with Gasteiger partial charge in [-0.1, -0.05) is 25.1 Å². The Morgan fingerprint density at radius 3 is 2.62 bits per heavy atom. The number of aromatic nitrogens is 2. The van der Waals surface area contributed by atoms with Gasteiger partial charge in [0.25, 0.3) is 0 Å². The molecule has 2 aromatic rings. The molecule has 0 aliphatic carbocycles. The molecule has 0 aliphatic rings. The fourth-order valence-electron chi connectivity index (χ4n) is 1.79. The van der Waals surface area contributed by atoms with Crippen LogP contribution in [0.15, 0.2) is 30.3 Å². The predicted octanol–water partition coefficient (Wildman–Crippen LogP) is 2.32. The Hall–Kier alpha value is -1.97. The molecule has 0 saturated carbocycles. The monoisotopic (exact) mass is 216 g/mol. The minimum atomic E-state index is 0.614. The maximum atomic E-state index is 5.90. The number of anilines is 3. The molecule has 16 heavy (non-hydrogen) atoms. The Labute approximate surface area is 95.1 Å². The van der Waals surface area contributed by atoms with Crippen LogP contribution in [0.4, 0.5) is 17.2 Å². The molecule has 0 radical (unpaired) electrons. The molecule has 1 aromatic carbocycles. The van der Waals surface area contributed by atoms with Gasteiger partial charge < -0.3 is 10.6 Å². The third kappa shape index (κ3) is 1.74. The fraction of sp³-hybridized carbons (Fsp3) is 0.250. The molecule has 0 amide bonds. The first-order valence-electron chi connectivity index (χ1n) is 5.35. The molecule has 0 aliphatic heterocycles. The van der Waals surface area contributed by atoms with E-state index in [2.05, 4.69) is 22.0 Å². The molecule has 0 unspecified atom stereocenters. The Balaban J connectivity index is 2.41. The highest BCUT2D eigenvalue weighted by molar-refractivity contribution is 5.74. The number of hydrogen-bond donors (Lipinski definition) is 2. The van der Waals surface area contributed by atoms with Crippen molar-refractivity contribution in [1.82, 2.24) is 10.2 Å². The number of nitrogen functional groups attached to an aromatic ring is 1. The standard InChI is InChI=1S/C12H16N4/c1-3-10-11(12(13)15-14-10)16(2)9-7-5-4-6-8-9/h4-8H,3H2,1-2H3,(H3,13,14,15). The average Bonchev–Trinajstić information content (AvgIpc) is 2.70. The van der Waals surface area contributed by atoms with E-state index in [-0.39, 0.29) is 0 Å². The number of aryl methyl sites for hydroxylation is 1. The topological polar surface area (TPSA) is 57.9 Å². The first kappa shape index (κ1) is 10.5. The summed E-state index contributed by atoms with van der Waals surface area (Å²) in [6.07, 6.45) is 0.861. The lowest BCUT2D eigenvalue weighted by molar-refractivity contribution is 0.972. The summed E-state index contributed by atoms with van der Waals surface area (Å²) in [7, 11) is 2.00. The molecule has 1 aromatic heterocycles. The largest absolute Gasteiger partial charge is 0.382 e. The van der Waals surface area contributed by atoms with Crippen molar-refractivity contribution in [2.45, 2.75) is 13.3 Å². The Morgan fingerprint density at radius 1 is 1.31 bits per heavy atom. The summed E-state index contributed by atoms with van der Waals surface area (Å²) in [6.45, 7) is 2.07. The Bertz CT molecular complexity index is 461. The van der Waals surface area contributed by atoms with Gasteiger partial charge in [0, 0.05) is 12.7 Å². The minimum Gasteiger partial charge on any atom is -0.382 e. The van der Waals surface area contributed by atoms with Gasteiger partial charge in [0.1, 0.15) is 11.5 Å². The van der Waals surface area contributed by atoms with Gasteiger partial charge in [0.05, 0.1) is 5.69 Å². The van der Waals surface area contributed by atoms with Crippen LogP contribution in [0.25, 0.3) is 0 Å². The van der Waals surface area contributed by atoms with Crippen LogP contribution >= 0.6 is 0 Å². The third-order valence-electron chi connectivity index (χ3n) is 2.65. The molecule has 1 heterocycles. The predicted molar refractivity (Wildman–Crippen MR) is 66.9 cm³/mol. The molecule has 84 valence electrons. The van der Waals surface area contributed by atoms with Crippen LogP contribution in [0, 0.1) is 0 Å². The zero-order chi connectivity index (χ0) is 11.5.